The first-order chi connectivity index (χ1) is 10.1. The lowest BCUT2D eigenvalue weighted by atomic mass is 10.1. The number of rotatable bonds is 5. The topological polar surface area (TPSA) is 48.3 Å². The third kappa shape index (κ3) is 3.16. The fourth-order valence-corrected chi connectivity index (χ4v) is 2.46. The summed E-state index contributed by atoms with van der Waals surface area (Å²) in [6.45, 7) is 2.38. The number of halogens is 1. The Hall–Kier alpha value is -2.07. The van der Waals surface area contributed by atoms with Crippen LogP contribution in [0.2, 0.25) is 0 Å². The van der Waals surface area contributed by atoms with Gasteiger partial charge < -0.3 is 9.30 Å². The van der Waals surface area contributed by atoms with Gasteiger partial charge in [-0.3, -0.25) is 9.59 Å². The highest BCUT2D eigenvalue weighted by atomic mass is 35.5. The number of nitrogens with zero attached hydrogens (tertiary/aromatic N) is 1. The molecular formula is C16H16ClNO3. The number of carbonyl (C=O) groups is 1. The predicted molar refractivity (Wildman–Crippen MR) is 82.9 cm³/mol. The minimum absolute atomic E-state index is 0.0629. The van der Waals surface area contributed by atoms with Crippen molar-refractivity contribution in [1.82, 2.24) is 4.57 Å². The molecule has 1 heterocycles. The van der Waals surface area contributed by atoms with Crippen LogP contribution in [0.5, 0.6) is 5.75 Å². The van der Waals surface area contributed by atoms with E-state index in [1.54, 1.807) is 17.7 Å². The number of benzene rings is 1. The number of hydrogen-bond donors (Lipinski definition) is 0. The Morgan fingerprint density at radius 3 is 2.57 bits per heavy atom. The smallest absolute Gasteiger partial charge is 0.254 e. The molecule has 2 aromatic rings. The van der Waals surface area contributed by atoms with Crippen LogP contribution in [0.4, 0.5) is 0 Å². The van der Waals surface area contributed by atoms with Gasteiger partial charge in [-0.05, 0) is 36.7 Å². The molecule has 0 bridgehead atoms. The van der Waals surface area contributed by atoms with Crippen molar-refractivity contribution in [2.75, 3.05) is 7.11 Å². The van der Waals surface area contributed by atoms with Crippen LogP contribution in [-0.2, 0) is 17.8 Å². The molecule has 1 aromatic carbocycles. The molecule has 0 saturated carbocycles. The summed E-state index contributed by atoms with van der Waals surface area (Å²) >= 11 is 5.38. The fraction of sp³-hybridized carbons (Fsp3) is 0.250. The first kappa shape index (κ1) is 15.3. The van der Waals surface area contributed by atoms with Crippen molar-refractivity contribution in [3.05, 3.63) is 52.3 Å². The largest absolute Gasteiger partial charge is 0.496 e. The lowest BCUT2D eigenvalue weighted by Crippen LogP contribution is -2.25. The van der Waals surface area contributed by atoms with Crippen molar-refractivity contribution in [2.24, 2.45) is 0 Å². The first-order valence-electron chi connectivity index (χ1n) is 6.63. The Morgan fingerprint density at radius 2 is 1.95 bits per heavy atom. The van der Waals surface area contributed by atoms with Gasteiger partial charge >= 0.3 is 0 Å². The van der Waals surface area contributed by atoms with Crippen molar-refractivity contribution in [2.45, 2.75) is 19.9 Å². The second-order valence-electron chi connectivity index (χ2n) is 4.53. The summed E-state index contributed by atoms with van der Waals surface area (Å²) in [4.78, 5) is 23.5. The van der Waals surface area contributed by atoms with Gasteiger partial charge in [0, 0.05) is 17.7 Å². The average Bonchev–Trinajstić information content (AvgIpc) is 2.48. The minimum atomic E-state index is -0.542. The number of hydrogen-bond acceptors (Lipinski definition) is 3. The Kier molecular flexibility index (Phi) is 4.81. The summed E-state index contributed by atoms with van der Waals surface area (Å²) in [6.07, 6.45) is -0.0629. The molecule has 0 aliphatic rings. The van der Waals surface area contributed by atoms with Crippen LogP contribution >= 0.6 is 11.6 Å². The highest BCUT2D eigenvalue weighted by molar-refractivity contribution is 6.63. The first-order valence-corrected chi connectivity index (χ1v) is 7.00. The van der Waals surface area contributed by atoms with E-state index in [4.69, 9.17) is 16.3 Å². The van der Waals surface area contributed by atoms with E-state index in [1.165, 1.54) is 0 Å². The van der Waals surface area contributed by atoms with Crippen LogP contribution in [0.15, 0.2) is 41.2 Å². The van der Waals surface area contributed by atoms with Gasteiger partial charge in [-0.1, -0.05) is 18.2 Å². The molecular weight excluding hydrogens is 290 g/mol. The van der Waals surface area contributed by atoms with Gasteiger partial charge in [-0.2, -0.15) is 0 Å². The molecule has 2 rings (SSSR count). The zero-order chi connectivity index (χ0) is 15.4. The molecule has 4 nitrogen and oxygen atoms in total. The molecule has 0 atom stereocenters. The number of aromatic nitrogens is 1. The maximum atomic E-state index is 12.4. The van der Waals surface area contributed by atoms with E-state index in [-0.39, 0.29) is 12.0 Å². The minimum Gasteiger partial charge on any atom is -0.496 e. The van der Waals surface area contributed by atoms with Crippen molar-refractivity contribution in [3.63, 3.8) is 0 Å². The quantitative estimate of drug-likeness (QED) is 0.798. The van der Waals surface area contributed by atoms with Crippen molar-refractivity contribution in [1.29, 1.82) is 0 Å². The second kappa shape index (κ2) is 6.59. The highest BCUT2D eigenvalue weighted by Crippen LogP contribution is 2.28. The molecule has 0 amide bonds. The highest BCUT2D eigenvalue weighted by Gasteiger charge is 2.13. The molecule has 0 saturated heterocycles. The summed E-state index contributed by atoms with van der Waals surface area (Å²) in [5.41, 5.74) is 1.79. The Morgan fingerprint density at radius 1 is 1.24 bits per heavy atom. The van der Waals surface area contributed by atoms with Gasteiger partial charge in [-0.15, -0.1) is 0 Å². The van der Waals surface area contributed by atoms with Gasteiger partial charge in [0.1, 0.15) is 5.75 Å². The molecule has 110 valence electrons. The van der Waals surface area contributed by atoms with E-state index >= 15 is 0 Å². The maximum absolute atomic E-state index is 12.4. The molecule has 21 heavy (non-hydrogen) atoms. The molecule has 1 aromatic heterocycles. The molecule has 0 fully saturated rings. The Balaban J connectivity index is 2.63. The van der Waals surface area contributed by atoms with Crippen LogP contribution in [0.25, 0.3) is 11.3 Å². The summed E-state index contributed by atoms with van der Waals surface area (Å²) in [7, 11) is 1.59. The summed E-state index contributed by atoms with van der Waals surface area (Å²) in [6, 6.07) is 11.0. The molecule has 0 unspecified atom stereocenters. The number of ether oxygens (including phenoxy) is 1. The van der Waals surface area contributed by atoms with E-state index in [0.717, 1.165) is 11.3 Å². The summed E-state index contributed by atoms with van der Waals surface area (Å²) in [5, 5.41) is -0.542. The number of carbonyl (C=O) groups excluding carboxylic acids is 1. The van der Waals surface area contributed by atoms with Gasteiger partial charge in [0.05, 0.1) is 19.2 Å². The molecule has 0 spiro atoms. The normalized spacial score (nSPS) is 10.4. The maximum Gasteiger partial charge on any atom is 0.254 e. The zero-order valence-electron chi connectivity index (χ0n) is 11.9. The monoisotopic (exact) mass is 305 g/mol. The van der Waals surface area contributed by atoms with Gasteiger partial charge in [0.25, 0.3) is 5.56 Å². The molecule has 0 radical (unpaired) electrons. The summed E-state index contributed by atoms with van der Waals surface area (Å²) in [5.74, 6) is 0.695. The Labute approximate surface area is 127 Å². The van der Waals surface area contributed by atoms with E-state index in [1.807, 2.05) is 37.3 Å². The van der Waals surface area contributed by atoms with Crippen LogP contribution in [0.1, 0.15) is 12.5 Å². The molecule has 0 N–H and O–H groups in total. The lowest BCUT2D eigenvalue weighted by molar-refractivity contribution is -0.111. The van der Waals surface area contributed by atoms with Crippen LogP contribution in [-0.4, -0.2) is 16.9 Å². The van der Waals surface area contributed by atoms with Crippen LogP contribution in [0, 0.1) is 0 Å². The van der Waals surface area contributed by atoms with Gasteiger partial charge in [0.2, 0.25) is 5.24 Å². The third-order valence-electron chi connectivity index (χ3n) is 3.28. The number of methoxy groups -OCH3 is 1. The second-order valence-corrected chi connectivity index (χ2v) is 4.95. The molecule has 0 aliphatic heterocycles. The molecule has 5 heteroatoms. The third-order valence-corrected chi connectivity index (χ3v) is 3.42. The van der Waals surface area contributed by atoms with E-state index in [9.17, 15) is 9.59 Å². The fourth-order valence-electron chi connectivity index (χ4n) is 2.31. The Bertz CT molecular complexity index is 722. The van der Waals surface area contributed by atoms with Crippen LogP contribution in [0.3, 0.4) is 0 Å². The van der Waals surface area contributed by atoms with Gasteiger partial charge in [-0.25, -0.2) is 0 Å². The SMILES string of the molecule is CCn1c(-c2ccccc2OC)ccc(CC(=O)Cl)c1=O. The number of pyridine rings is 1. The average molecular weight is 306 g/mol. The number of para-hydroxylation sites is 1. The van der Waals surface area contributed by atoms with Crippen molar-refractivity contribution in [3.8, 4) is 17.0 Å². The van der Waals surface area contributed by atoms with Gasteiger partial charge in [0.15, 0.2) is 0 Å². The van der Waals surface area contributed by atoms with Crippen molar-refractivity contribution >= 4 is 16.8 Å². The van der Waals surface area contributed by atoms with E-state index in [0.29, 0.717) is 17.9 Å². The van der Waals surface area contributed by atoms with Crippen molar-refractivity contribution < 1.29 is 9.53 Å². The van der Waals surface area contributed by atoms with Crippen LogP contribution < -0.4 is 10.3 Å². The predicted octanol–water partition coefficient (Wildman–Crippen LogP) is 2.85. The van der Waals surface area contributed by atoms with E-state index in [2.05, 4.69) is 0 Å². The lowest BCUT2D eigenvalue weighted by Gasteiger charge is -2.15. The zero-order valence-corrected chi connectivity index (χ0v) is 12.7. The summed E-state index contributed by atoms with van der Waals surface area (Å²) < 4.78 is 6.96. The molecule has 0 aliphatic carbocycles. The van der Waals surface area contributed by atoms with E-state index < -0.39 is 5.24 Å². The standard InChI is InChI=1S/C16H16ClNO3/c1-3-18-13(12-6-4-5-7-14(12)21-2)9-8-11(16(18)20)10-15(17)19/h4-9H,3,10H2,1-2H3.